The van der Waals surface area contributed by atoms with Crippen LogP contribution in [0.15, 0.2) is 18.2 Å². The van der Waals surface area contributed by atoms with Crippen LogP contribution < -0.4 is 20.7 Å². The van der Waals surface area contributed by atoms with E-state index in [-0.39, 0.29) is 18.0 Å². The number of anilines is 1. The first-order valence-corrected chi connectivity index (χ1v) is 6.73. The maximum absolute atomic E-state index is 5.72. The van der Waals surface area contributed by atoms with Crippen LogP contribution in [0, 0.1) is 13.8 Å². The highest BCUT2D eigenvalue weighted by molar-refractivity contribution is 5.38. The number of rotatable bonds is 6. The lowest BCUT2D eigenvalue weighted by molar-refractivity contribution is 0.285. The molecule has 0 saturated carbocycles. The number of hydrazine groups is 1. The second kappa shape index (κ2) is 6.85. The number of ether oxygens (including phenoxy) is 2. The van der Waals surface area contributed by atoms with Crippen molar-refractivity contribution in [2.75, 3.05) is 12.0 Å². The number of aryl methyl sites for hydroxylation is 2. The molecule has 2 rings (SSSR count). The van der Waals surface area contributed by atoms with Crippen LogP contribution in [0.25, 0.3) is 0 Å². The molecular formula is C14H19N5O2. The first kappa shape index (κ1) is 15.0. The molecule has 3 N–H and O–H groups in total. The summed E-state index contributed by atoms with van der Waals surface area (Å²) >= 11 is 0. The number of nitrogens with zero attached hydrogens (tertiary/aromatic N) is 3. The van der Waals surface area contributed by atoms with Crippen molar-refractivity contribution in [3.05, 3.63) is 29.3 Å². The van der Waals surface area contributed by atoms with Crippen LogP contribution in [0.2, 0.25) is 0 Å². The van der Waals surface area contributed by atoms with Crippen molar-refractivity contribution in [2.24, 2.45) is 5.84 Å². The van der Waals surface area contributed by atoms with Crippen molar-refractivity contribution in [3.8, 4) is 17.8 Å². The lowest BCUT2D eigenvalue weighted by Crippen LogP contribution is -2.13. The Morgan fingerprint density at radius 1 is 1.14 bits per heavy atom. The van der Waals surface area contributed by atoms with Crippen molar-refractivity contribution >= 4 is 5.95 Å². The summed E-state index contributed by atoms with van der Waals surface area (Å²) in [4.78, 5) is 12.2. The van der Waals surface area contributed by atoms with Crippen molar-refractivity contribution in [2.45, 2.75) is 27.2 Å². The lowest BCUT2D eigenvalue weighted by atomic mass is 10.1. The molecule has 0 aliphatic rings. The molecule has 112 valence electrons. The minimum atomic E-state index is 0.137. The Morgan fingerprint density at radius 2 is 1.90 bits per heavy atom. The van der Waals surface area contributed by atoms with Crippen LogP contribution in [-0.4, -0.2) is 21.6 Å². The molecule has 0 aliphatic carbocycles. The van der Waals surface area contributed by atoms with Gasteiger partial charge in [0.1, 0.15) is 5.75 Å². The summed E-state index contributed by atoms with van der Waals surface area (Å²) in [7, 11) is 0. The molecule has 0 spiro atoms. The summed E-state index contributed by atoms with van der Waals surface area (Å²) < 4.78 is 11.1. The van der Waals surface area contributed by atoms with Gasteiger partial charge in [-0.25, -0.2) is 5.84 Å². The lowest BCUT2D eigenvalue weighted by Gasteiger charge is -2.10. The van der Waals surface area contributed by atoms with Gasteiger partial charge in [-0.2, -0.15) is 9.97 Å². The summed E-state index contributed by atoms with van der Waals surface area (Å²) in [6, 6.07) is 6.22. The van der Waals surface area contributed by atoms with E-state index in [2.05, 4.69) is 20.4 Å². The zero-order valence-electron chi connectivity index (χ0n) is 12.4. The fourth-order valence-electron chi connectivity index (χ4n) is 1.62. The highest BCUT2D eigenvalue weighted by Crippen LogP contribution is 2.25. The van der Waals surface area contributed by atoms with Crippen molar-refractivity contribution < 1.29 is 9.47 Å². The fourth-order valence-corrected chi connectivity index (χ4v) is 1.62. The van der Waals surface area contributed by atoms with Crippen molar-refractivity contribution in [3.63, 3.8) is 0 Å². The van der Waals surface area contributed by atoms with E-state index in [9.17, 15) is 0 Å². The molecule has 21 heavy (non-hydrogen) atoms. The normalized spacial score (nSPS) is 10.3. The second-order valence-corrected chi connectivity index (χ2v) is 4.59. The molecule has 7 heteroatoms. The van der Waals surface area contributed by atoms with E-state index in [1.165, 1.54) is 0 Å². The Bertz CT molecular complexity index is 618. The molecule has 0 aliphatic heterocycles. The molecule has 1 aromatic heterocycles. The molecule has 0 fully saturated rings. The van der Waals surface area contributed by atoms with E-state index in [0.717, 1.165) is 17.5 Å². The fraction of sp³-hybridized carbons (Fsp3) is 0.357. The van der Waals surface area contributed by atoms with Crippen LogP contribution in [-0.2, 0) is 0 Å². The quantitative estimate of drug-likeness (QED) is 0.622. The van der Waals surface area contributed by atoms with Crippen LogP contribution in [0.1, 0.15) is 24.5 Å². The molecule has 1 heterocycles. The summed E-state index contributed by atoms with van der Waals surface area (Å²) in [5.41, 5.74) is 4.45. The minimum Gasteiger partial charge on any atom is -0.463 e. The zero-order valence-corrected chi connectivity index (χ0v) is 12.4. The van der Waals surface area contributed by atoms with Crippen LogP contribution in [0.4, 0.5) is 5.95 Å². The monoisotopic (exact) mass is 289 g/mol. The van der Waals surface area contributed by atoms with Gasteiger partial charge >= 0.3 is 12.0 Å². The molecule has 0 radical (unpaired) electrons. The number of nitrogens with two attached hydrogens (primary N) is 1. The highest BCUT2D eigenvalue weighted by atomic mass is 16.5. The summed E-state index contributed by atoms with van der Waals surface area (Å²) in [6.07, 6.45) is 0.851. The number of hydrogen-bond acceptors (Lipinski definition) is 7. The third kappa shape index (κ3) is 4.03. The predicted octanol–water partition coefficient (Wildman–Crippen LogP) is 2.36. The molecule has 7 nitrogen and oxygen atoms in total. The average Bonchev–Trinajstić information content (AvgIpc) is 2.48. The Hall–Kier alpha value is -2.41. The summed E-state index contributed by atoms with van der Waals surface area (Å²) in [5, 5.41) is 0. The van der Waals surface area contributed by atoms with Gasteiger partial charge in [-0.05, 0) is 37.5 Å². The summed E-state index contributed by atoms with van der Waals surface area (Å²) in [5.74, 6) is 6.23. The standard InChI is InChI=1S/C14H19N5O2/c1-4-7-20-13-16-12(19-15)17-14(18-13)21-11-8-9(2)5-6-10(11)3/h5-6,8H,4,7,15H2,1-3H3,(H,16,17,18,19). The molecule has 0 amide bonds. The van der Waals surface area contributed by atoms with Gasteiger partial charge in [0.15, 0.2) is 0 Å². The van der Waals surface area contributed by atoms with Crippen molar-refractivity contribution in [1.82, 2.24) is 15.0 Å². The molecule has 0 bridgehead atoms. The van der Waals surface area contributed by atoms with Gasteiger partial charge in [0.05, 0.1) is 6.61 Å². The van der Waals surface area contributed by atoms with Gasteiger partial charge in [0.2, 0.25) is 5.95 Å². The number of nitrogen functional groups attached to an aromatic ring is 1. The van der Waals surface area contributed by atoms with Gasteiger partial charge in [0.25, 0.3) is 0 Å². The largest absolute Gasteiger partial charge is 0.463 e. The van der Waals surface area contributed by atoms with Crippen LogP contribution in [0.5, 0.6) is 17.8 Å². The third-order valence-electron chi connectivity index (χ3n) is 2.70. The van der Waals surface area contributed by atoms with Crippen LogP contribution >= 0.6 is 0 Å². The molecule has 2 aromatic rings. The second-order valence-electron chi connectivity index (χ2n) is 4.59. The molecule has 1 aromatic carbocycles. The topological polar surface area (TPSA) is 95.2 Å². The first-order valence-electron chi connectivity index (χ1n) is 6.73. The molecule has 0 atom stereocenters. The van der Waals surface area contributed by atoms with Gasteiger partial charge in [-0.1, -0.05) is 19.1 Å². The van der Waals surface area contributed by atoms with E-state index in [0.29, 0.717) is 12.4 Å². The Kier molecular flexibility index (Phi) is 4.89. The minimum absolute atomic E-state index is 0.137. The number of aromatic nitrogens is 3. The maximum Gasteiger partial charge on any atom is 0.330 e. The van der Waals surface area contributed by atoms with Gasteiger partial charge in [0, 0.05) is 0 Å². The van der Waals surface area contributed by atoms with E-state index in [1.54, 1.807) is 0 Å². The Labute approximate surface area is 123 Å². The highest BCUT2D eigenvalue weighted by Gasteiger charge is 2.10. The van der Waals surface area contributed by atoms with E-state index in [1.807, 2.05) is 39.0 Å². The zero-order chi connectivity index (χ0) is 15.2. The average molecular weight is 289 g/mol. The third-order valence-corrected chi connectivity index (χ3v) is 2.70. The SMILES string of the molecule is CCCOc1nc(NN)nc(Oc2cc(C)ccc2C)n1. The van der Waals surface area contributed by atoms with Gasteiger partial charge in [-0.3, -0.25) is 5.43 Å². The molecule has 0 unspecified atom stereocenters. The summed E-state index contributed by atoms with van der Waals surface area (Å²) in [6.45, 7) is 6.45. The van der Waals surface area contributed by atoms with E-state index in [4.69, 9.17) is 15.3 Å². The van der Waals surface area contributed by atoms with Gasteiger partial charge < -0.3 is 9.47 Å². The number of hydrogen-bond donors (Lipinski definition) is 2. The number of nitrogens with one attached hydrogen (secondary N) is 1. The van der Waals surface area contributed by atoms with Crippen molar-refractivity contribution in [1.29, 1.82) is 0 Å². The Balaban J connectivity index is 2.27. The number of benzene rings is 1. The van der Waals surface area contributed by atoms with Crippen LogP contribution in [0.3, 0.4) is 0 Å². The van der Waals surface area contributed by atoms with E-state index < -0.39 is 0 Å². The smallest absolute Gasteiger partial charge is 0.330 e. The first-order chi connectivity index (χ1) is 10.1. The molecule has 0 saturated heterocycles. The maximum atomic E-state index is 5.72. The van der Waals surface area contributed by atoms with Gasteiger partial charge in [-0.15, -0.1) is 4.98 Å². The molecular weight excluding hydrogens is 270 g/mol. The predicted molar refractivity (Wildman–Crippen MR) is 79.4 cm³/mol. The Morgan fingerprint density at radius 3 is 2.62 bits per heavy atom. The van der Waals surface area contributed by atoms with E-state index >= 15 is 0 Å².